The van der Waals surface area contributed by atoms with Crippen LogP contribution in [0.5, 0.6) is 5.75 Å². The van der Waals surface area contributed by atoms with E-state index in [-0.39, 0.29) is 18.2 Å². The Morgan fingerprint density at radius 1 is 1.21 bits per heavy atom. The predicted molar refractivity (Wildman–Crippen MR) is 112 cm³/mol. The molecule has 0 fully saturated rings. The maximum absolute atomic E-state index is 13.2. The Balaban J connectivity index is 1.77. The lowest BCUT2D eigenvalue weighted by atomic mass is 10.3. The van der Waals surface area contributed by atoms with E-state index in [2.05, 4.69) is 20.9 Å². The molecule has 0 atom stereocenters. The number of anilines is 1. The van der Waals surface area contributed by atoms with Crippen LogP contribution in [-0.4, -0.2) is 22.5 Å². The van der Waals surface area contributed by atoms with Gasteiger partial charge in [-0.05, 0) is 59.3 Å². The van der Waals surface area contributed by atoms with Gasteiger partial charge in [-0.25, -0.2) is 4.98 Å². The van der Waals surface area contributed by atoms with Gasteiger partial charge in [0.15, 0.2) is 15.6 Å². The molecule has 0 radical (unpaired) electrons. The first-order chi connectivity index (χ1) is 13.7. The average Bonchev–Trinajstić information content (AvgIpc) is 3.33. The first-order valence-electron chi connectivity index (χ1n) is 8.65. The molecule has 0 aliphatic heterocycles. The van der Waals surface area contributed by atoms with Gasteiger partial charge in [-0.15, -0.1) is 0 Å². The van der Waals surface area contributed by atoms with Crippen LogP contribution in [0.3, 0.4) is 0 Å². The molecule has 0 aliphatic rings. The number of hydrogen-bond donors (Lipinski definition) is 0. The number of nitrogens with zero attached hydrogens (tertiary/aromatic N) is 3. The molecule has 28 heavy (non-hydrogen) atoms. The Kier molecular flexibility index (Phi) is 5.40. The van der Waals surface area contributed by atoms with E-state index in [0.29, 0.717) is 22.2 Å². The van der Waals surface area contributed by atoms with Crippen LogP contribution in [0.4, 0.5) is 5.13 Å². The van der Waals surface area contributed by atoms with Crippen LogP contribution in [0.2, 0.25) is 0 Å². The number of rotatable bonds is 6. The largest absolute Gasteiger partial charge is 0.492 e. The molecule has 1 aromatic carbocycles. The van der Waals surface area contributed by atoms with E-state index >= 15 is 0 Å². The average molecular weight is 458 g/mol. The third-order valence-corrected chi connectivity index (χ3v) is 5.45. The van der Waals surface area contributed by atoms with Crippen molar-refractivity contribution in [2.45, 2.75) is 13.5 Å². The van der Waals surface area contributed by atoms with Gasteiger partial charge in [-0.2, -0.15) is 0 Å². The molecule has 0 saturated carbocycles. The molecular formula is C20H16BrN3O3S. The molecule has 3 aromatic heterocycles. The summed E-state index contributed by atoms with van der Waals surface area (Å²) < 4.78 is 12.6. The first-order valence-corrected chi connectivity index (χ1v) is 10.3. The second-order valence-electron chi connectivity index (χ2n) is 5.85. The quantitative estimate of drug-likeness (QED) is 0.393. The van der Waals surface area contributed by atoms with Crippen LogP contribution >= 0.6 is 27.3 Å². The minimum Gasteiger partial charge on any atom is -0.492 e. The summed E-state index contributed by atoms with van der Waals surface area (Å²) in [4.78, 5) is 23.8. The van der Waals surface area contributed by atoms with Gasteiger partial charge in [-0.3, -0.25) is 14.7 Å². The molecule has 8 heteroatoms. The van der Waals surface area contributed by atoms with Gasteiger partial charge >= 0.3 is 0 Å². The number of aromatic nitrogens is 2. The highest BCUT2D eigenvalue weighted by Crippen LogP contribution is 2.35. The zero-order valence-corrected chi connectivity index (χ0v) is 17.4. The zero-order valence-electron chi connectivity index (χ0n) is 15.0. The van der Waals surface area contributed by atoms with Crippen molar-refractivity contribution in [2.24, 2.45) is 0 Å². The third-order valence-electron chi connectivity index (χ3n) is 3.98. The van der Waals surface area contributed by atoms with Crippen LogP contribution in [0.1, 0.15) is 23.2 Å². The number of hydrogen-bond acceptors (Lipinski definition) is 6. The summed E-state index contributed by atoms with van der Waals surface area (Å²) in [5.41, 5.74) is 1.49. The fraction of sp³-hybridized carbons (Fsp3) is 0.150. The highest BCUT2D eigenvalue weighted by molar-refractivity contribution is 9.10. The van der Waals surface area contributed by atoms with E-state index in [1.807, 2.05) is 43.3 Å². The number of para-hydroxylation sites is 1. The fourth-order valence-electron chi connectivity index (χ4n) is 2.74. The SMILES string of the molecule is CCOc1cccc2sc(N(Cc3ccccn3)C(=O)c3ccc(Br)o3)nc12. The van der Waals surface area contributed by atoms with Crippen LogP contribution in [-0.2, 0) is 6.54 Å². The third kappa shape index (κ3) is 3.79. The molecule has 0 spiro atoms. The number of ether oxygens (including phenoxy) is 1. The molecule has 4 rings (SSSR count). The summed E-state index contributed by atoms with van der Waals surface area (Å²) in [6, 6.07) is 14.7. The lowest BCUT2D eigenvalue weighted by molar-refractivity contribution is 0.0957. The second-order valence-corrected chi connectivity index (χ2v) is 7.64. The predicted octanol–water partition coefficient (Wildman–Crippen LogP) is 5.29. The van der Waals surface area contributed by atoms with Gasteiger partial charge in [-0.1, -0.05) is 23.5 Å². The summed E-state index contributed by atoms with van der Waals surface area (Å²) in [6.07, 6.45) is 1.70. The number of furan rings is 1. The van der Waals surface area contributed by atoms with E-state index < -0.39 is 0 Å². The maximum Gasteiger partial charge on any atom is 0.296 e. The minimum atomic E-state index is -0.284. The molecule has 4 aromatic rings. The molecule has 0 aliphatic carbocycles. The minimum absolute atomic E-state index is 0.229. The van der Waals surface area contributed by atoms with E-state index in [0.717, 1.165) is 15.9 Å². The number of thiazole rings is 1. The van der Waals surface area contributed by atoms with Gasteiger partial charge in [0.2, 0.25) is 0 Å². The zero-order chi connectivity index (χ0) is 19.5. The van der Waals surface area contributed by atoms with Gasteiger partial charge in [0, 0.05) is 6.20 Å². The van der Waals surface area contributed by atoms with Crippen molar-refractivity contribution >= 4 is 48.5 Å². The molecule has 142 valence electrons. The lowest BCUT2D eigenvalue weighted by Crippen LogP contribution is -2.30. The van der Waals surface area contributed by atoms with E-state index in [1.165, 1.54) is 11.3 Å². The molecule has 0 bridgehead atoms. The summed E-state index contributed by atoms with van der Waals surface area (Å²) in [6.45, 7) is 2.75. The van der Waals surface area contributed by atoms with Gasteiger partial charge in [0.1, 0.15) is 11.3 Å². The summed E-state index contributed by atoms with van der Waals surface area (Å²) >= 11 is 4.68. The first kappa shape index (κ1) is 18.6. The number of pyridine rings is 1. The van der Waals surface area contributed by atoms with Gasteiger partial charge in [0.25, 0.3) is 5.91 Å². The number of halogens is 1. The topological polar surface area (TPSA) is 68.5 Å². The Bertz CT molecular complexity index is 1110. The molecule has 3 heterocycles. The highest BCUT2D eigenvalue weighted by Gasteiger charge is 2.25. The van der Waals surface area contributed by atoms with Crippen LogP contribution in [0, 0.1) is 0 Å². The fourth-order valence-corrected chi connectivity index (χ4v) is 4.03. The number of carbonyl (C=O) groups is 1. The van der Waals surface area contributed by atoms with Crippen molar-refractivity contribution in [1.29, 1.82) is 0 Å². The normalized spacial score (nSPS) is 10.9. The van der Waals surface area contributed by atoms with E-state index in [4.69, 9.17) is 14.1 Å². The number of benzene rings is 1. The van der Waals surface area contributed by atoms with Crippen LogP contribution < -0.4 is 9.64 Å². The van der Waals surface area contributed by atoms with Crippen molar-refractivity contribution in [3.05, 3.63) is 70.9 Å². The van der Waals surface area contributed by atoms with Crippen molar-refractivity contribution < 1.29 is 13.9 Å². The summed E-state index contributed by atoms with van der Waals surface area (Å²) in [5, 5.41) is 0.560. The smallest absolute Gasteiger partial charge is 0.296 e. The number of fused-ring (bicyclic) bond motifs is 1. The number of carbonyl (C=O) groups excluding carboxylic acids is 1. The summed E-state index contributed by atoms with van der Waals surface area (Å²) in [5.74, 6) is 0.647. The standard InChI is InChI=1S/C20H16BrN3O3S/c1-2-26-14-7-5-8-16-18(14)23-20(28-16)24(12-13-6-3-4-11-22-13)19(25)15-9-10-17(21)27-15/h3-11H,2,12H2,1H3. The molecule has 6 nitrogen and oxygen atoms in total. The van der Waals surface area contributed by atoms with Crippen molar-refractivity contribution in [2.75, 3.05) is 11.5 Å². The Morgan fingerprint density at radius 3 is 2.82 bits per heavy atom. The van der Waals surface area contributed by atoms with Crippen molar-refractivity contribution in [1.82, 2.24) is 9.97 Å². The highest BCUT2D eigenvalue weighted by atomic mass is 79.9. The van der Waals surface area contributed by atoms with E-state index in [1.54, 1.807) is 23.2 Å². The summed E-state index contributed by atoms with van der Waals surface area (Å²) in [7, 11) is 0. The molecule has 0 unspecified atom stereocenters. The molecule has 0 N–H and O–H groups in total. The monoisotopic (exact) mass is 457 g/mol. The van der Waals surface area contributed by atoms with Crippen LogP contribution in [0.25, 0.3) is 10.2 Å². The molecule has 1 amide bonds. The Morgan fingerprint density at radius 2 is 2.11 bits per heavy atom. The molecular weight excluding hydrogens is 442 g/mol. The van der Waals surface area contributed by atoms with Crippen molar-refractivity contribution in [3.8, 4) is 5.75 Å². The van der Waals surface area contributed by atoms with Crippen LogP contribution in [0.15, 0.2) is 63.8 Å². The Hall–Kier alpha value is -2.71. The maximum atomic E-state index is 13.2. The van der Waals surface area contributed by atoms with Gasteiger partial charge in [0.05, 0.1) is 23.5 Å². The lowest BCUT2D eigenvalue weighted by Gasteiger charge is -2.18. The molecule has 0 saturated heterocycles. The van der Waals surface area contributed by atoms with Crippen molar-refractivity contribution in [3.63, 3.8) is 0 Å². The van der Waals surface area contributed by atoms with Gasteiger partial charge < -0.3 is 9.15 Å². The number of amides is 1. The second kappa shape index (κ2) is 8.12. The Labute approximate surface area is 173 Å². The van der Waals surface area contributed by atoms with E-state index in [9.17, 15) is 4.79 Å².